The van der Waals surface area contributed by atoms with Crippen molar-refractivity contribution in [3.8, 4) is 0 Å². The van der Waals surface area contributed by atoms with Crippen LogP contribution in [0.15, 0.2) is 9.98 Å². The highest BCUT2D eigenvalue weighted by Crippen LogP contribution is 2.19. The highest BCUT2D eigenvalue weighted by Gasteiger charge is 2.10. The largest absolute Gasteiger partial charge is 0.481 e. The highest BCUT2D eigenvalue weighted by atomic mass is 79.9. The zero-order valence-corrected chi connectivity index (χ0v) is 9.35. The second kappa shape index (κ2) is 4.57. The fraction of sp³-hybridized carbons (Fsp3) is 0.429. The minimum atomic E-state index is -0.803. The van der Waals surface area contributed by atoms with Crippen LogP contribution in [0.2, 0.25) is 0 Å². The van der Waals surface area contributed by atoms with Crippen molar-refractivity contribution in [3.05, 3.63) is 9.98 Å². The van der Waals surface area contributed by atoms with Crippen LogP contribution >= 0.6 is 27.3 Å². The maximum absolute atomic E-state index is 10.5. The van der Waals surface area contributed by atoms with Crippen LogP contribution in [0.1, 0.15) is 6.92 Å². The number of carbonyl (C=O) groups is 1. The molecule has 6 heteroatoms. The van der Waals surface area contributed by atoms with Crippen molar-refractivity contribution >= 4 is 38.4 Å². The molecule has 0 saturated heterocycles. The summed E-state index contributed by atoms with van der Waals surface area (Å²) < 4.78 is 0.767. The van der Waals surface area contributed by atoms with Gasteiger partial charge in [-0.2, -0.15) is 0 Å². The molecule has 1 rings (SSSR count). The van der Waals surface area contributed by atoms with E-state index in [1.54, 1.807) is 6.92 Å². The van der Waals surface area contributed by atoms with Crippen LogP contribution in [-0.4, -0.2) is 22.6 Å². The molecule has 72 valence electrons. The Kier molecular flexibility index (Phi) is 3.68. The average molecular weight is 265 g/mol. The maximum Gasteiger partial charge on any atom is 0.308 e. The number of nitrogens with one attached hydrogen (secondary N) is 1. The van der Waals surface area contributed by atoms with E-state index in [1.807, 2.05) is 5.38 Å². The van der Waals surface area contributed by atoms with Crippen molar-refractivity contribution in [2.75, 3.05) is 11.9 Å². The van der Waals surface area contributed by atoms with Crippen molar-refractivity contribution in [2.24, 2.45) is 5.92 Å². The van der Waals surface area contributed by atoms with Gasteiger partial charge in [0.1, 0.15) is 4.60 Å². The molecule has 13 heavy (non-hydrogen) atoms. The van der Waals surface area contributed by atoms with Gasteiger partial charge < -0.3 is 10.4 Å². The van der Waals surface area contributed by atoms with Gasteiger partial charge in [-0.1, -0.05) is 6.92 Å². The summed E-state index contributed by atoms with van der Waals surface area (Å²) in [6.07, 6.45) is 0. The third kappa shape index (κ3) is 3.31. The minimum absolute atomic E-state index is 0.398. The summed E-state index contributed by atoms with van der Waals surface area (Å²) in [5, 5.41) is 14.1. The van der Waals surface area contributed by atoms with E-state index in [9.17, 15) is 4.79 Å². The second-order valence-electron chi connectivity index (χ2n) is 2.60. The van der Waals surface area contributed by atoms with Gasteiger partial charge in [0.15, 0.2) is 5.13 Å². The smallest absolute Gasteiger partial charge is 0.308 e. The number of carboxylic acids is 1. The molecule has 0 radical (unpaired) electrons. The summed E-state index contributed by atoms with van der Waals surface area (Å²) in [6, 6.07) is 0. The molecule has 0 saturated carbocycles. The van der Waals surface area contributed by atoms with E-state index in [0.29, 0.717) is 6.54 Å². The quantitative estimate of drug-likeness (QED) is 0.874. The first-order chi connectivity index (χ1) is 6.09. The summed E-state index contributed by atoms with van der Waals surface area (Å²) in [6.45, 7) is 2.05. The number of hydrogen-bond acceptors (Lipinski definition) is 4. The lowest BCUT2D eigenvalue weighted by molar-refractivity contribution is -0.140. The van der Waals surface area contributed by atoms with Gasteiger partial charge in [0.25, 0.3) is 0 Å². The first-order valence-electron chi connectivity index (χ1n) is 3.67. The molecular weight excluding hydrogens is 256 g/mol. The van der Waals surface area contributed by atoms with Crippen molar-refractivity contribution in [1.82, 2.24) is 4.98 Å². The number of nitrogens with zero attached hydrogens (tertiary/aromatic N) is 1. The van der Waals surface area contributed by atoms with E-state index < -0.39 is 11.9 Å². The van der Waals surface area contributed by atoms with Gasteiger partial charge in [-0.05, 0) is 15.9 Å². The Morgan fingerprint density at radius 3 is 3.08 bits per heavy atom. The van der Waals surface area contributed by atoms with Crippen LogP contribution < -0.4 is 5.32 Å². The maximum atomic E-state index is 10.5. The average Bonchev–Trinajstić information content (AvgIpc) is 2.47. The molecule has 0 aliphatic rings. The molecule has 1 aromatic heterocycles. The van der Waals surface area contributed by atoms with Crippen LogP contribution in [0.5, 0.6) is 0 Å². The molecule has 2 N–H and O–H groups in total. The number of hydrogen-bond donors (Lipinski definition) is 2. The van der Waals surface area contributed by atoms with Gasteiger partial charge in [0.05, 0.1) is 5.92 Å². The Bertz CT molecular complexity index is 302. The summed E-state index contributed by atoms with van der Waals surface area (Å²) in [7, 11) is 0. The zero-order valence-electron chi connectivity index (χ0n) is 6.95. The van der Waals surface area contributed by atoms with Crippen LogP contribution in [0.4, 0.5) is 5.13 Å². The molecule has 0 aliphatic heterocycles. The molecule has 1 aromatic rings. The topological polar surface area (TPSA) is 62.2 Å². The Balaban J connectivity index is 2.39. The predicted molar refractivity (Wildman–Crippen MR) is 55.1 cm³/mol. The highest BCUT2D eigenvalue weighted by molar-refractivity contribution is 9.10. The normalized spacial score (nSPS) is 12.5. The molecule has 0 amide bonds. The SMILES string of the molecule is CC(CNc1nc(Br)cs1)C(=O)O. The van der Waals surface area contributed by atoms with Crippen molar-refractivity contribution in [1.29, 1.82) is 0 Å². The lowest BCUT2D eigenvalue weighted by Gasteiger charge is -2.05. The molecule has 1 atom stereocenters. The van der Waals surface area contributed by atoms with Crippen LogP contribution in [0.25, 0.3) is 0 Å². The molecule has 0 aliphatic carbocycles. The van der Waals surface area contributed by atoms with E-state index >= 15 is 0 Å². The number of halogens is 1. The standard InChI is InChI=1S/C7H9BrN2O2S/c1-4(6(11)12)2-9-7-10-5(8)3-13-7/h3-4H,2H2,1H3,(H,9,10)(H,11,12). The van der Waals surface area contributed by atoms with Crippen LogP contribution in [0.3, 0.4) is 0 Å². The molecule has 1 heterocycles. The number of carboxylic acid groups (broad SMARTS) is 1. The Morgan fingerprint density at radius 2 is 2.62 bits per heavy atom. The molecule has 1 unspecified atom stereocenters. The first kappa shape index (κ1) is 10.5. The number of thiazole rings is 1. The molecule has 0 aromatic carbocycles. The van der Waals surface area contributed by atoms with Gasteiger partial charge in [-0.15, -0.1) is 11.3 Å². The second-order valence-corrected chi connectivity index (χ2v) is 4.27. The minimum Gasteiger partial charge on any atom is -0.481 e. The van der Waals surface area contributed by atoms with Gasteiger partial charge >= 0.3 is 5.97 Å². The first-order valence-corrected chi connectivity index (χ1v) is 5.34. The van der Waals surface area contributed by atoms with Crippen LogP contribution in [-0.2, 0) is 4.79 Å². The predicted octanol–water partition coefficient (Wildman–Crippen LogP) is 2.04. The van der Waals surface area contributed by atoms with Gasteiger partial charge in [0.2, 0.25) is 0 Å². The summed E-state index contributed by atoms with van der Waals surface area (Å²) in [5.41, 5.74) is 0. The molecule has 0 spiro atoms. The monoisotopic (exact) mass is 264 g/mol. The van der Waals surface area contributed by atoms with E-state index in [0.717, 1.165) is 9.73 Å². The van der Waals surface area contributed by atoms with Gasteiger partial charge in [-0.25, -0.2) is 4.98 Å². The fourth-order valence-electron chi connectivity index (χ4n) is 0.663. The van der Waals surface area contributed by atoms with Crippen molar-refractivity contribution in [3.63, 3.8) is 0 Å². The third-order valence-corrected chi connectivity index (χ3v) is 2.97. The molecule has 0 bridgehead atoms. The number of rotatable bonds is 4. The Hall–Kier alpha value is -0.620. The Morgan fingerprint density at radius 1 is 1.92 bits per heavy atom. The lowest BCUT2D eigenvalue weighted by Crippen LogP contribution is -2.19. The zero-order chi connectivity index (χ0) is 9.84. The van der Waals surface area contributed by atoms with E-state index in [4.69, 9.17) is 5.11 Å². The van der Waals surface area contributed by atoms with E-state index in [1.165, 1.54) is 11.3 Å². The molecular formula is C7H9BrN2O2S. The van der Waals surface area contributed by atoms with Gasteiger partial charge in [0, 0.05) is 11.9 Å². The van der Waals surface area contributed by atoms with Gasteiger partial charge in [-0.3, -0.25) is 4.79 Å². The van der Waals surface area contributed by atoms with Crippen molar-refractivity contribution in [2.45, 2.75) is 6.92 Å². The molecule has 4 nitrogen and oxygen atoms in total. The Labute approximate surface area is 88.1 Å². The van der Waals surface area contributed by atoms with E-state index in [2.05, 4.69) is 26.2 Å². The summed E-state index contributed by atoms with van der Waals surface area (Å²) in [4.78, 5) is 14.5. The fourth-order valence-corrected chi connectivity index (χ4v) is 1.82. The lowest BCUT2D eigenvalue weighted by atomic mass is 10.2. The summed E-state index contributed by atoms with van der Waals surface area (Å²) in [5.74, 6) is -1.20. The third-order valence-electron chi connectivity index (χ3n) is 1.46. The van der Waals surface area contributed by atoms with E-state index in [-0.39, 0.29) is 0 Å². The number of aliphatic carboxylic acids is 1. The van der Waals surface area contributed by atoms with Crippen LogP contribution in [0, 0.1) is 5.92 Å². The van der Waals surface area contributed by atoms with Crippen molar-refractivity contribution < 1.29 is 9.90 Å². The molecule has 0 fully saturated rings. The number of aromatic nitrogens is 1. The number of anilines is 1. The summed E-state index contributed by atoms with van der Waals surface area (Å²) >= 11 is 4.65.